The molecule has 2 N–H and O–H groups in total. The number of nitro groups is 1. The molecule has 1 atom stereocenters. The number of carbonyl (C=O) groups is 1. The maximum absolute atomic E-state index is 12.4. The summed E-state index contributed by atoms with van der Waals surface area (Å²) < 4.78 is 5.28. The number of ether oxygens (including phenoxy) is 1. The first kappa shape index (κ1) is 15.2. The van der Waals surface area contributed by atoms with E-state index in [-0.39, 0.29) is 11.3 Å². The highest BCUT2D eigenvalue weighted by molar-refractivity contribution is 5.99. The van der Waals surface area contributed by atoms with Crippen LogP contribution in [0.2, 0.25) is 0 Å². The summed E-state index contributed by atoms with van der Waals surface area (Å²) in [6.45, 7) is 5.32. The van der Waals surface area contributed by atoms with Crippen molar-refractivity contribution in [1.82, 2.24) is 10.3 Å². The van der Waals surface area contributed by atoms with Crippen LogP contribution in [0.25, 0.3) is 0 Å². The lowest BCUT2D eigenvalue weighted by molar-refractivity contribution is -0.385. The first-order valence-corrected chi connectivity index (χ1v) is 6.74. The van der Waals surface area contributed by atoms with Gasteiger partial charge in [0.2, 0.25) is 0 Å². The molecule has 114 valence electrons. The number of anilines is 1. The molecule has 0 bridgehead atoms. The second-order valence-corrected chi connectivity index (χ2v) is 5.19. The topological polar surface area (TPSA) is 106 Å². The molecule has 21 heavy (non-hydrogen) atoms. The van der Waals surface area contributed by atoms with Crippen LogP contribution in [-0.4, -0.2) is 41.1 Å². The Labute approximate surface area is 122 Å². The summed E-state index contributed by atoms with van der Waals surface area (Å²) in [5, 5.41) is 16.7. The van der Waals surface area contributed by atoms with Crippen molar-refractivity contribution >= 4 is 17.4 Å². The Balaban J connectivity index is 2.28. The van der Waals surface area contributed by atoms with Crippen LogP contribution in [0.4, 0.5) is 11.5 Å². The Morgan fingerprint density at radius 3 is 2.95 bits per heavy atom. The minimum Gasteiger partial charge on any atom is -0.379 e. The number of pyridine rings is 1. The Morgan fingerprint density at radius 2 is 2.38 bits per heavy atom. The third-order valence-electron chi connectivity index (χ3n) is 3.31. The van der Waals surface area contributed by atoms with E-state index in [4.69, 9.17) is 4.74 Å². The van der Waals surface area contributed by atoms with Gasteiger partial charge < -0.3 is 15.4 Å². The van der Waals surface area contributed by atoms with Crippen LogP contribution < -0.4 is 10.6 Å². The van der Waals surface area contributed by atoms with Gasteiger partial charge in [-0.15, -0.1) is 0 Å². The number of hydrogen-bond acceptors (Lipinski definition) is 6. The molecule has 1 fully saturated rings. The van der Waals surface area contributed by atoms with Crippen LogP contribution in [0.15, 0.2) is 12.3 Å². The Hall–Kier alpha value is -2.22. The zero-order valence-corrected chi connectivity index (χ0v) is 12.0. The molecule has 0 saturated carbocycles. The maximum Gasteiger partial charge on any atom is 0.288 e. The molecule has 1 aliphatic rings. The summed E-state index contributed by atoms with van der Waals surface area (Å²) >= 11 is 0. The van der Waals surface area contributed by atoms with Gasteiger partial charge in [-0.25, -0.2) is 4.98 Å². The van der Waals surface area contributed by atoms with Crippen molar-refractivity contribution in [1.29, 1.82) is 0 Å². The molecule has 2 rings (SSSR count). The van der Waals surface area contributed by atoms with Crippen molar-refractivity contribution in [2.45, 2.75) is 25.8 Å². The third kappa shape index (κ3) is 3.46. The predicted octanol–water partition coefficient (Wildman–Crippen LogP) is 1.33. The summed E-state index contributed by atoms with van der Waals surface area (Å²) in [6, 6.07) is 1.24. The normalized spacial score (nSPS) is 21.0. The van der Waals surface area contributed by atoms with Crippen molar-refractivity contribution in [3.05, 3.63) is 27.9 Å². The van der Waals surface area contributed by atoms with Gasteiger partial charge in [-0.2, -0.15) is 0 Å². The fourth-order valence-corrected chi connectivity index (χ4v) is 2.14. The highest BCUT2D eigenvalue weighted by Crippen LogP contribution is 2.22. The van der Waals surface area contributed by atoms with Gasteiger partial charge >= 0.3 is 0 Å². The molecular weight excluding hydrogens is 276 g/mol. The van der Waals surface area contributed by atoms with Gasteiger partial charge in [0, 0.05) is 19.2 Å². The number of amides is 1. The Bertz CT molecular complexity index is 555. The molecule has 1 aliphatic heterocycles. The number of nitrogens with zero attached hydrogens (tertiary/aromatic N) is 2. The van der Waals surface area contributed by atoms with Gasteiger partial charge in [0.15, 0.2) is 0 Å². The first-order valence-electron chi connectivity index (χ1n) is 6.74. The minimum absolute atomic E-state index is 0.166. The SMILES string of the molecule is CCNc1ncc([N+](=O)[O-])cc1C(=O)NC1(C)CCOC1. The van der Waals surface area contributed by atoms with Crippen LogP contribution in [0.1, 0.15) is 30.6 Å². The smallest absolute Gasteiger partial charge is 0.288 e. The number of hydrogen-bond donors (Lipinski definition) is 2. The fraction of sp³-hybridized carbons (Fsp3) is 0.538. The zero-order valence-electron chi connectivity index (χ0n) is 12.0. The molecule has 0 spiro atoms. The average Bonchev–Trinajstić information content (AvgIpc) is 2.85. The van der Waals surface area contributed by atoms with E-state index in [0.29, 0.717) is 32.0 Å². The average molecular weight is 294 g/mol. The van der Waals surface area contributed by atoms with Crippen molar-refractivity contribution in [3.8, 4) is 0 Å². The van der Waals surface area contributed by atoms with E-state index in [0.717, 1.165) is 6.20 Å². The van der Waals surface area contributed by atoms with Crippen LogP contribution >= 0.6 is 0 Å². The number of aromatic nitrogens is 1. The maximum atomic E-state index is 12.4. The number of carbonyl (C=O) groups excluding carboxylic acids is 1. The lowest BCUT2D eigenvalue weighted by Gasteiger charge is -2.24. The molecule has 1 unspecified atom stereocenters. The van der Waals surface area contributed by atoms with E-state index in [1.165, 1.54) is 6.07 Å². The summed E-state index contributed by atoms with van der Waals surface area (Å²) in [4.78, 5) is 26.6. The van der Waals surface area contributed by atoms with E-state index in [1.807, 2.05) is 13.8 Å². The molecule has 1 aromatic heterocycles. The second-order valence-electron chi connectivity index (χ2n) is 5.19. The van der Waals surface area contributed by atoms with Gasteiger partial charge in [-0.1, -0.05) is 0 Å². The lowest BCUT2D eigenvalue weighted by Crippen LogP contribution is -2.46. The zero-order chi connectivity index (χ0) is 15.5. The first-order chi connectivity index (χ1) is 9.95. The quantitative estimate of drug-likeness (QED) is 0.626. The summed E-state index contributed by atoms with van der Waals surface area (Å²) in [6.07, 6.45) is 1.84. The Morgan fingerprint density at radius 1 is 1.62 bits per heavy atom. The van der Waals surface area contributed by atoms with E-state index in [1.54, 1.807) is 0 Å². The van der Waals surface area contributed by atoms with Gasteiger partial charge in [-0.3, -0.25) is 14.9 Å². The van der Waals surface area contributed by atoms with E-state index >= 15 is 0 Å². The van der Waals surface area contributed by atoms with Crippen LogP contribution in [0, 0.1) is 10.1 Å². The van der Waals surface area contributed by atoms with Gasteiger partial charge in [0.05, 0.1) is 22.6 Å². The largest absolute Gasteiger partial charge is 0.379 e. The molecule has 1 aromatic rings. The predicted molar refractivity (Wildman–Crippen MR) is 76.4 cm³/mol. The lowest BCUT2D eigenvalue weighted by atomic mass is 10.0. The van der Waals surface area contributed by atoms with Gasteiger partial charge in [0.25, 0.3) is 11.6 Å². The van der Waals surface area contributed by atoms with E-state index in [9.17, 15) is 14.9 Å². The highest BCUT2D eigenvalue weighted by atomic mass is 16.6. The summed E-state index contributed by atoms with van der Waals surface area (Å²) in [5.74, 6) is -0.0572. The van der Waals surface area contributed by atoms with Crippen LogP contribution in [0.3, 0.4) is 0 Å². The second kappa shape index (κ2) is 6.04. The highest BCUT2D eigenvalue weighted by Gasteiger charge is 2.32. The van der Waals surface area contributed by atoms with Gasteiger partial charge in [0.1, 0.15) is 12.0 Å². The Kier molecular flexibility index (Phi) is 4.37. The van der Waals surface area contributed by atoms with E-state index < -0.39 is 16.4 Å². The summed E-state index contributed by atoms with van der Waals surface area (Å²) in [7, 11) is 0. The molecule has 1 saturated heterocycles. The number of nitrogens with one attached hydrogen (secondary N) is 2. The van der Waals surface area contributed by atoms with Crippen molar-refractivity contribution in [2.75, 3.05) is 25.1 Å². The molecule has 8 nitrogen and oxygen atoms in total. The third-order valence-corrected chi connectivity index (χ3v) is 3.31. The van der Waals surface area contributed by atoms with E-state index in [2.05, 4.69) is 15.6 Å². The fourth-order valence-electron chi connectivity index (χ4n) is 2.14. The monoisotopic (exact) mass is 294 g/mol. The van der Waals surface area contributed by atoms with Gasteiger partial charge in [-0.05, 0) is 20.3 Å². The molecule has 8 heteroatoms. The van der Waals surface area contributed by atoms with Crippen LogP contribution in [-0.2, 0) is 4.74 Å². The summed E-state index contributed by atoms with van der Waals surface area (Å²) in [5.41, 5.74) is -0.501. The van der Waals surface area contributed by atoms with Crippen molar-refractivity contribution in [3.63, 3.8) is 0 Å². The van der Waals surface area contributed by atoms with Crippen molar-refractivity contribution in [2.24, 2.45) is 0 Å². The minimum atomic E-state index is -0.570. The standard InChI is InChI=1S/C13H18N4O4/c1-3-14-11-10(6-9(7-15-11)17(19)20)12(18)16-13(2)4-5-21-8-13/h6-7H,3-5,8H2,1-2H3,(H,14,15)(H,16,18). The molecular formula is C13H18N4O4. The molecule has 0 aliphatic carbocycles. The molecule has 0 aromatic carbocycles. The van der Waals surface area contributed by atoms with Crippen molar-refractivity contribution < 1.29 is 14.5 Å². The number of rotatable bonds is 5. The van der Waals surface area contributed by atoms with Crippen LogP contribution in [0.5, 0.6) is 0 Å². The molecule has 1 amide bonds. The molecule has 2 heterocycles. The molecule has 0 radical (unpaired) electrons.